The molecule has 0 aromatic rings. The highest BCUT2D eigenvalue weighted by Gasteiger charge is 2.37. The van der Waals surface area contributed by atoms with Crippen LogP contribution in [0.3, 0.4) is 0 Å². The molecule has 0 aromatic heterocycles. The van der Waals surface area contributed by atoms with Crippen molar-refractivity contribution < 1.29 is 47.7 Å². The molecule has 146 valence electrons. The molecule has 0 fully saturated rings. The van der Waals surface area contributed by atoms with Crippen LogP contribution in [0.5, 0.6) is 0 Å². The maximum atomic E-state index is 11.7. The summed E-state index contributed by atoms with van der Waals surface area (Å²) in [6.07, 6.45) is -4.18. The van der Waals surface area contributed by atoms with Crippen LogP contribution >= 0.6 is 0 Å². The summed E-state index contributed by atoms with van der Waals surface area (Å²) in [5, 5.41) is 0. The summed E-state index contributed by atoms with van der Waals surface area (Å²) in [5.74, 6) is -8.20. The molecule has 0 spiro atoms. The van der Waals surface area contributed by atoms with Crippen LogP contribution in [0.25, 0.3) is 0 Å². The monoisotopic (exact) mass is 376 g/mol. The van der Waals surface area contributed by atoms with Crippen molar-refractivity contribution in [3.05, 3.63) is 0 Å². The standard InChI is InChI=1S/C14H20N2O10/c1-3-23-11(19)9(7(17)5-15)25-13(21)14(22)26-10(8(18)6-16)12(20)24-4-2/h9-10H,3-6,15-16H2,1-2H3. The van der Waals surface area contributed by atoms with E-state index in [4.69, 9.17) is 11.5 Å². The van der Waals surface area contributed by atoms with Crippen LogP contribution in [0.1, 0.15) is 13.8 Å². The smallest absolute Gasteiger partial charge is 0.418 e. The Morgan fingerprint density at radius 1 is 0.692 bits per heavy atom. The van der Waals surface area contributed by atoms with Gasteiger partial charge in [0.1, 0.15) is 0 Å². The molecular formula is C14H20N2O10. The van der Waals surface area contributed by atoms with E-state index in [1.807, 2.05) is 0 Å². The number of carbonyl (C=O) groups is 6. The molecule has 12 nitrogen and oxygen atoms in total. The Morgan fingerprint density at radius 2 is 1.00 bits per heavy atom. The van der Waals surface area contributed by atoms with Gasteiger partial charge in [0.2, 0.25) is 0 Å². The number of rotatable bonds is 10. The second kappa shape index (κ2) is 11.7. The summed E-state index contributed by atoms with van der Waals surface area (Å²) in [6.45, 7) is 1.24. The van der Waals surface area contributed by atoms with E-state index in [9.17, 15) is 28.8 Å². The van der Waals surface area contributed by atoms with E-state index in [-0.39, 0.29) is 13.2 Å². The number of nitrogens with two attached hydrogens (primary N) is 2. The topological polar surface area (TPSA) is 191 Å². The van der Waals surface area contributed by atoms with Crippen molar-refractivity contribution in [2.45, 2.75) is 26.1 Å². The SMILES string of the molecule is CCOC(=O)C(OC(=O)C(=O)OC(C(=O)CN)C(=O)OCC)C(=O)CN. The Hall–Kier alpha value is -2.86. The molecule has 0 aliphatic carbocycles. The maximum absolute atomic E-state index is 11.7. The second-order valence-corrected chi connectivity index (χ2v) is 4.42. The summed E-state index contributed by atoms with van der Waals surface area (Å²) in [5.41, 5.74) is 10.2. The molecule has 26 heavy (non-hydrogen) atoms. The minimum atomic E-state index is -2.09. The first-order chi connectivity index (χ1) is 12.2. The molecule has 0 amide bonds. The predicted octanol–water partition coefficient (Wildman–Crippen LogP) is -3.01. The zero-order chi connectivity index (χ0) is 20.3. The second-order valence-electron chi connectivity index (χ2n) is 4.42. The van der Waals surface area contributed by atoms with Gasteiger partial charge in [-0.05, 0) is 13.8 Å². The fraction of sp³-hybridized carbons (Fsp3) is 0.571. The molecule has 0 saturated carbocycles. The molecule has 0 aliphatic rings. The number of carbonyl (C=O) groups excluding carboxylic acids is 6. The number of Topliss-reactive ketones (excluding diaryl/α,β-unsaturated/α-hetero) is 2. The van der Waals surface area contributed by atoms with E-state index in [0.29, 0.717) is 0 Å². The van der Waals surface area contributed by atoms with E-state index < -0.39 is 60.7 Å². The van der Waals surface area contributed by atoms with Gasteiger partial charge in [-0.1, -0.05) is 0 Å². The third-order valence-electron chi connectivity index (χ3n) is 2.61. The van der Waals surface area contributed by atoms with Crippen LogP contribution in [0.15, 0.2) is 0 Å². The number of hydrogen-bond acceptors (Lipinski definition) is 12. The molecule has 4 N–H and O–H groups in total. The van der Waals surface area contributed by atoms with E-state index in [1.54, 1.807) is 0 Å². The highest BCUT2D eigenvalue weighted by molar-refractivity contribution is 6.31. The molecule has 12 heteroatoms. The highest BCUT2D eigenvalue weighted by Crippen LogP contribution is 2.04. The van der Waals surface area contributed by atoms with Crippen LogP contribution in [0, 0.1) is 0 Å². The number of ether oxygens (including phenoxy) is 4. The van der Waals surface area contributed by atoms with Gasteiger partial charge in [0, 0.05) is 0 Å². The van der Waals surface area contributed by atoms with Crippen LogP contribution in [0.2, 0.25) is 0 Å². The number of esters is 4. The molecule has 0 aromatic carbocycles. The fourth-order valence-corrected chi connectivity index (χ4v) is 1.45. The maximum Gasteiger partial charge on any atom is 0.418 e. The molecule has 0 aliphatic heterocycles. The fourth-order valence-electron chi connectivity index (χ4n) is 1.45. The molecule has 0 bridgehead atoms. The van der Waals surface area contributed by atoms with Crippen molar-refractivity contribution in [1.29, 1.82) is 0 Å². The minimum Gasteiger partial charge on any atom is -0.463 e. The first kappa shape index (κ1) is 23.1. The molecular weight excluding hydrogens is 356 g/mol. The van der Waals surface area contributed by atoms with Gasteiger partial charge in [-0.25, -0.2) is 19.2 Å². The third kappa shape index (κ3) is 6.94. The Morgan fingerprint density at radius 3 is 1.23 bits per heavy atom. The molecule has 0 saturated heterocycles. The lowest BCUT2D eigenvalue weighted by atomic mass is 10.2. The minimum absolute atomic E-state index is 0.134. The molecule has 2 atom stereocenters. The Kier molecular flexibility index (Phi) is 10.4. The van der Waals surface area contributed by atoms with Crippen LogP contribution < -0.4 is 11.5 Å². The molecule has 0 heterocycles. The zero-order valence-corrected chi connectivity index (χ0v) is 14.2. The van der Waals surface area contributed by atoms with Crippen LogP contribution in [0.4, 0.5) is 0 Å². The van der Waals surface area contributed by atoms with Gasteiger partial charge >= 0.3 is 23.9 Å². The van der Waals surface area contributed by atoms with E-state index in [0.717, 1.165) is 0 Å². The largest absolute Gasteiger partial charge is 0.463 e. The van der Waals surface area contributed by atoms with Gasteiger partial charge in [-0.15, -0.1) is 0 Å². The van der Waals surface area contributed by atoms with Gasteiger partial charge in [0.05, 0.1) is 26.3 Å². The number of hydrogen-bond donors (Lipinski definition) is 2. The van der Waals surface area contributed by atoms with Crippen molar-refractivity contribution in [3.63, 3.8) is 0 Å². The predicted molar refractivity (Wildman–Crippen MR) is 81.1 cm³/mol. The van der Waals surface area contributed by atoms with Gasteiger partial charge < -0.3 is 30.4 Å². The van der Waals surface area contributed by atoms with Crippen molar-refractivity contribution in [2.24, 2.45) is 11.5 Å². The lowest BCUT2D eigenvalue weighted by Crippen LogP contribution is -2.44. The molecule has 2 unspecified atom stereocenters. The molecule has 0 rings (SSSR count). The third-order valence-corrected chi connectivity index (χ3v) is 2.61. The van der Waals surface area contributed by atoms with Crippen LogP contribution in [-0.4, -0.2) is 74.0 Å². The Balaban J connectivity index is 5.17. The first-order valence-corrected chi connectivity index (χ1v) is 7.43. The summed E-state index contributed by atoms with van der Waals surface area (Å²) in [4.78, 5) is 69.7. The van der Waals surface area contributed by atoms with Crippen LogP contribution in [-0.2, 0) is 47.7 Å². The van der Waals surface area contributed by atoms with Gasteiger partial charge in [0.25, 0.3) is 12.2 Å². The van der Waals surface area contributed by atoms with Crippen molar-refractivity contribution in [3.8, 4) is 0 Å². The summed E-state index contributed by atoms with van der Waals surface area (Å²) in [7, 11) is 0. The quantitative estimate of drug-likeness (QED) is 0.170. The van der Waals surface area contributed by atoms with E-state index in [1.165, 1.54) is 13.8 Å². The van der Waals surface area contributed by atoms with Crippen molar-refractivity contribution in [2.75, 3.05) is 26.3 Å². The van der Waals surface area contributed by atoms with Crippen molar-refractivity contribution >= 4 is 35.4 Å². The summed E-state index contributed by atoms with van der Waals surface area (Å²) >= 11 is 0. The summed E-state index contributed by atoms with van der Waals surface area (Å²) in [6, 6.07) is 0. The number of ketones is 2. The highest BCUT2D eigenvalue weighted by atomic mass is 16.6. The van der Waals surface area contributed by atoms with E-state index in [2.05, 4.69) is 18.9 Å². The van der Waals surface area contributed by atoms with Gasteiger partial charge in [-0.2, -0.15) is 0 Å². The lowest BCUT2D eigenvalue weighted by Gasteiger charge is -2.16. The average molecular weight is 376 g/mol. The Labute approximate surface area is 148 Å². The summed E-state index contributed by atoms with van der Waals surface area (Å²) < 4.78 is 17.9. The van der Waals surface area contributed by atoms with Gasteiger partial charge in [-0.3, -0.25) is 9.59 Å². The zero-order valence-electron chi connectivity index (χ0n) is 14.2. The first-order valence-electron chi connectivity index (χ1n) is 7.43. The van der Waals surface area contributed by atoms with Crippen molar-refractivity contribution in [1.82, 2.24) is 0 Å². The average Bonchev–Trinajstić information content (AvgIpc) is 2.62. The van der Waals surface area contributed by atoms with E-state index >= 15 is 0 Å². The normalized spacial score (nSPS) is 12.3. The Bertz CT molecular complexity index is 524. The van der Waals surface area contributed by atoms with Gasteiger partial charge in [0.15, 0.2) is 11.6 Å². The lowest BCUT2D eigenvalue weighted by molar-refractivity contribution is -0.184. The molecule has 0 radical (unpaired) electrons.